The summed E-state index contributed by atoms with van der Waals surface area (Å²) in [4.78, 5) is 24.3. The van der Waals surface area contributed by atoms with Crippen LogP contribution in [0.1, 0.15) is 52.4 Å². The molecule has 0 bridgehead atoms. The molecule has 6 atom stereocenters. The standard InChI is InChI=1S/C23H31ClO5/c1-22-8-7-18-16(17(22)5-6-20(22)29-21(27)28-10-9-25)4-3-15-11-19(26)14(13-24)12-23(15,18)2/h11-12,16-18,20,25H,3-10,13H2,1-2H3/t16-,17-,18-,20-,22-,23-/m0/s1. The van der Waals surface area contributed by atoms with E-state index in [9.17, 15) is 9.59 Å². The summed E-state index contributed by atoms with van der Waals surface area (Å²) in [5.41, 5.74) is 1.85. The smallest absolute Gasteiger partial charge is 0.432 e. The first-order valence-corrected chi connectivity index (χ1v) is 11.3. The second kappa shape index (κ2) is 7.73. The van der Waals surface area contributed by atoms with Crippen molar-refractivity contribution in [1.82, 2.24) is 0 Å². The number of halogens is 1. The third-order valence-electron chi connectivity index (χ3n) is 8.35. The van der Waals surface area contributed by atoms with Crippen LogP contribution in [0.15, 0.2) is 23.3 Å². The summed E-state index contributed by atoms with van der Waals surface area (Å²) >= 11 is 6.06. The van der Waals surface area contributed by atoms with Crippen molar-refractivity contribution < 1.29 is 24.2 Å². The van der Waals surface area contributed by atoms with Crippen LogP contribution in [0.3, 0.4) is 0 Å². The third-order valence-corrected chi connectivity index (χ3v) is 8.64. The Morgan fingerprint density at radius 2 is 2.03 bits per heavy atom. The number of aliphatic hydroxyl groups excluding tert-OH is 1. The van der Waals surface area contributed by atoms with Gasteiger partial charge in [0.1, 0.15) is 12.7 Å². The molecule has 0 amide bonds. The van der Waals surface area contributed by atoms with Crippen LogP contribution in [-0.4, -0.2) is 42.2 Å². The summed E-state index contributed by atoms with van der Waals surface area (Å²) in [5.74, 6) is 1.89. The first kappa shape index (κ1) is 20.9. The molecule has 1 N–H and O–H groups in total. The Balaban J connectivity index is 1.55. The maximum Gasteiger partial charge on any atom is 0.508 e. The summed E-state index contributed by atoms with van der Waals surface area (Å²) in [7, 11) is 0. The van der Waals surface area contributed by atoms with Gasteiger partial charge in [0.25, 0.3) is 0 Å². The average molecular weight is 423 g/mol. The summed E-state index contributed by atoms with van der Waals surface area (Å²) in [5, 5.41) is 8.84. The van der Waals surface area contributed by atoms with Crippen LogP contribution < -0.4 is 0 Å². The minimum atomic E-state index is -0.672. The number of ether oxygens (including phenoxy) is 2. The molecule has 29 heavy (non-hydrogen) atoms. The van der Waals surface area contributed by atoms with Crippen LogP contribution in [0.5, 0.6) is 0 Å². The Morgan fingerprint density at radius 1 is 1.24 bits per heavy atom. The highest BCUT2D eigenvalue weighted by Gasteiger charge is 2.59. The van der Waals surface area contributed by atoms with E-state index in [0.717, 1.165) is 44.1 Å². The number of fused-ring (bicyclic) bond motifs is 5. The number of carbonyl (C=O) groups excluding carboxylic acids is 2. The fraction of sp³-hybridized carbons (Fsp3) is 0.739. The molecule has 4 aliphatic rings. The molecule has 3 saturated carbocycles. The largest absolute Gasteiger partial charge is 0.508 e. The fourth-order valence-electron chi connectivity index (χ4n) is 6.90. The highest BCUT2D eigenvalue weighted by molar-refractivity contribution is 6.24. The van der Waals surface area contributed by atoms with Gasteiger partial charge in [0.15, 0.2) is 5.78 Å². The normalized spacial score (nSPS) is 40.9. The van der Waals surface area contributed by atoms with Gasteiger partial charge < -0.3 is 14.6 Å². The number of carbonyl (C=O) groups is 2. The maximum absolute atomic E-state index is 12.3. The van der Waals surface area contributed by atoms with E-state index in [1.54, 1.807) is 0 Å². The minimum Gasteiger partial charge on any atom is -0.432 e. The molecule has 0 radical (unpaired) electrons. The van der Waals surface area contributed by atoms with Gasteiger partial charge in [0, 0.05) is 16.4 Å². The molecule has 6 heteroatoms. The van der Waals surface area contributed by atoms with E-state index in [4.69, 9.17) is 26.2 Å². The van der Waals surface area contributed by atoms with Crippen LogP contribution in [-0.2, 0) is 14.3 Å². The van der Waals surface area contributed by atoms with Gasteiger partial charge in [-0.1, -0.05) is 25.5 Å². The number of rotatable bonds is 4. The number of alkyl halides is 1. The van der Waals surface area contributed by atoms with Crippen molar-refractivity contribution in [3.05, 3.63) is 23.3 Å². The van der Waals surface area contributed by atoms with E-state index in [1.807, 2.05) is 6.08 Å². The summed E-state index contributed by atoms with van der Waals surface area (Å²) in [6.07, 6.45) is 9.20. The van der Waals surface area contributed by atoms with Gasteiger partial charge in [0.05, 0.1) is 12.5 Å². The Bertz CT molecular complexity index is 758. The van der Waals surface area contributed by atoms with Crippen molar-refractivity contribution in [3.63, 3.8) is 0 Å². The van der Waals surface area contributed by atoms with Crippen LogP contribution in [0.25, 0.3) is 0 Å². The molecular weight excluding hydrogens is 392 g/mol. The first-order valence-electron chi connectivity index (χ1n) is 10.8. The van der Waals surface area contributed by atoms with Crippen molar-refractivity contribution in [2.45, 2.75) is 58.5 Å². The zero-order valence-corrected chi connectivity index (χ0v) is 18.0. The summed E-state index contributed by atoms with van der Waals surface area (Å²) in [6, 6.07) is 0. The van der Waals surface area contributed by atoms with Gasteiger partial charge in [-0.15, -0.1) is 11.6 Å². The van der Waals surface area contributed by atoms with Crippen LogP contribution >= 0.6 is 11.6 Å². The number of hydrogen-bond donors (Lipinski definition) is 1. The summed E-state index contributed by atoms with van der Waals surface area (Å²) < 4.78 is 10.6. The van der Waals surface area contributed by atoms with Gasteiger partial charge in [-0.2, -0.15) is 0 Å². The molecule has 5 nitrogen and oxygen atoms in total. The Labute approximate surface area is 177 Å². The topological polar surface area (TPSA) is 72.8 Å². The van der Waals surface area contributed by atoms with Crippen molar-refractivity contribution in [1.29, 1.82) is 0 Å². The molecule has 0 aromatic carbocycles. The van der Waals surface area contributed by atoms with E-state index in [2.05, 4.69) is 19.9 Å². The third kappa shape index (κ3) is 3.34. The molecule has 3 fully saturated rings. The Kier molecular flexibility index (Phi) is 5.58. The van der Waals surface area contributed by atoms with Crippen molar-refractivity contribution >= 4 is 23.5 Å². The zero-order chi connectivity index (χ0) is 20.8. The molecule has 0 unspecified atom stereocenters. The second-order valence-electron chi connectivity index (χ2n) is 9.59. The molecule has 4 aliphatic carbocycles. The lowest BCUT2D eigenvalue weighted by atomic mass is 9.48. The average Bonchev–Trinajstić information content (AvgIpc) is 3.02. The Morgan fingerprint density at radius 3 is 2.76 bits per heavy atom. The highest BCUT2D eigenvalue weighted by atomic mass is 35.5. The minimum absolute atomic E-state index is 0.0299. The quantitative estimate of drug-likeness (QED) is 0.536. The molecule has 0 saturated heterocycles. The molecule has 160 valence electrons. The zero-order valence-electron chi connectivity index (χ0n) is 17.3. The van der Waals surface area contributed by atoms with Crippen LogP contribution in [0.4, 0.5) is 4.79 Å². The van der Waals surface area contributed by atoms with Gasteiger partial charge in [-0.25, -0.2) is 4.79 Å². The van der Waals surface area contributed by atoms with E-state index < -0.39 is 6.16 Å². The van der Waals surface area contributed by atoms with Gasteiger partial charge in [-0.3, -0.25) is 4.79 Å². The second-order valence-corrected chi connectivity index (χ2v) is 9.85. The molecular formula is C23H31ClO5. The SMILES string of the molecule is C[C@]12CC[C@H]3[C@@H](CCC4=CC(=O)C(CCl)=C[C@@]43C)[C@@H]1CC[C@@H]2OC(=O)OCCO. The maximum atomic E-state index is 12.3. The monoisotopic (exact) mass is 422 g/mol. The van der Waals surface area contributed by atoms with Crippen molar-refractivity contribution in [3.8, 4) is 0 Å². The summed E-state index contributed by atoms with van der Waals surface area (Å²) in [6.45, 7) is 4.32. The molecule has 0 heterocycles. The lowest BCUT2D eigenvalue weighted by molar-refractivity contribution is -0.112. The van der Waals surface area contributed by atoms with Gasteiger partial charge in [-0.05, 0) is 62.4 Å². The molecule has 0 aliphatic heterocycles. The van der Waals surface area contributed by atoms with Crippen LogP contribution in [0.2, 0.25) is 0 Å². The highest BCUT2D eigenvalue weighted by Crippen LogP contribution is 2.65. The number of hydrogen-bond acceptors (Lipinski definition) is 5. The van der Waals surface area contributed by atoms with E-state index in [1.165, 1.54) is 5.57 Å². The van der Waals surface area contributed by atoms with Crippen molar-refractivity contribution in [2.75, 3.05) is 19.1 Å². The van der Waals surface area contributed by atoms with E-state index >= 15 is 0 Å². The lowest BCUT2D eigenvalue weighted by Crippen LogP contribution is -2.51. The molecule has 0 aromatic rings. The van der Waals surface area contributed by atoms with E-state index in [0.29, 0.717) is 17.8 Å². The molecule has 4 rings (SSSR count). The number of allylic oxidation sites excluding steroid dienone is 4. The molecule has 0 aromatic heterocycles. The first-order chi connectivity index (χ1) is 13.8. The predicted octanol–water partition coefficient (Wildman–Crippen LogP) is 4.42. The van der Waals surface area contributed by atoms with Crippen molar-refractivity contribution in [2.24, 2.45) is 28.6 Å². The Hall–Kier alpha value is -1.33. The van der Waals surface area contributed by atoms with Gasteiger partial charge >= 0.3 is 6.16 Å². The number of aliphatic hydroxyl groups is 1. The number of ketones is 1. The van der Waals surface area contributed by atoms with E-state index in [-0.39, 0.29) is 41.8 Å². The predicted molar refractivity (Wildman–Crippen MR) is 110 cm³/mol. The van der Waals surface area contributed by atoms with Crippen LogP contribution in [0, 0.1) is 28.6 Å². The molecule has 0 spiro atoms. The fourth-order valence-corrected chi connectivity index (χ4v) is 7.11. The van der Waals surface area contributed by atoms with Gasteiger partial charge in [0.2, 0.25) is 0 Å². The lowest BCUT2D eigenvalue weighted by Gasteiger charge is -2.56.